The fourth-order valence-electron chi connectivity index (χ4n) is 3.15. The van der Waals surface area contributed by atoms with Gasteiger partial charge in [0.2, 0.25) is 0 Å². The van der Waals surface area contributed by atoms with Crippen molar-refractivity contribution in [2.45, 2.75) is 19.6 Å². The van der Waals surface area contributed by atoms with E-state index < -0.39 is 11.9 Å². The van der Waals surface area contributed by atoms with Crippen LogP contribution in [0.1, 0.15) is 24.2 Å². The maximum atomic E-state index is 13.8. The average molecular weight is 456 g/mol. The van der Waals surface area contributed by atoms with Crippen LogP contribution in [-0.2, 0) is 6.54 Å². The predicted octanol–water partition coefficient (Wildman–Crippen LogP) is 3.71. The number of anilines is 1. The van der Waals surface area contributed by atoms with Crippen LogP contribution in [0.3, 0.4) is 0 Å². The van der Waals surface area contributed by atoms with Gasteiger partial charge >= 0.3 is 6.03 Å². The predicted molar refractivity (Wildman–Crippen MR) is 115 cm³/mol. The maximum Gasteiger partial charge on any atom is 0.317 e. The largest absolute Gasteiger partial charge is 0.482 e. The number of nitrogens with zero attached hydrogens (tertiary/aromatic N) is 3. The highest BCUT2D eigenvalue weighted by atomic mass is 35.5. The number of rotatable bonds is 5. The normalized spacial score (nSPS) is 15.7. The van der Waals surface area contributed by atoms with Gasteiger partial charge in [0.15, 0.2) is 11.6 Å². The Kier molecular flexibility index (Phi) is 7.23. The van der Waals surface area contributed by atoms with Gasteiger partial charge in [0, 0.05) is 49.5 Å². The number of benzene rings is 1. The zero-order chi connectivity index (χ0) is 21.8. The van der Waals surface area contributed by atoms with E-state index in [1.807, 2.05) is 7.05 Å². The topological polar surface area (TPSA) is 83.7 Å². The first-order valence-electron chi connectivity index (χ1n) is 9.52. The molecule has 0 spiro atoms. The first-order valence-corrected chi connectivity index (χ1v) is 10.3. The Morgan fingerprint density at radius 2 is 2.03 bits per heavy atom. The maximum absolute atomic E-state index is 13.8. The Bertz CT molecular complexity index is 922. The third-order valence-corrected chi connectivity index (χ3v) is 5.68. The molecule has 2 aromatic rings. The number of nitrogen functional groups attached to an aromatic ring is 1. The lowest BCUT2D eigenvalue weighted by atomic mass is 10.1. The van der Waals surface area contributed by atoms with E-state index in [2.05, 4.69) is 15.2 Å². The number of halogens is 3. The van der Waals surface area contributed by atoms with Gasteiger partial charge in [-0.3, -0.25) is 0 Å². The van der Waals surface area contributed by atoms with Crippen LogP contribution in [0.2, 0.25) is 10.0 Å². The monoisotopic (exact) mass is 455 g/mol. The fourth-order valence-corrected chi connectivity index (χ4v) is 3.83. The highest BCUT2D eigenvalue weighted by molar-refractivity contribution is 6.36. The van der Waals surface area contributed by atoms with Crippen LogP contribution in [0.15, 0.2) is 24.4 Å². The molecule has 1 unspecified atom stereocenters. The van der Waals surface area contributed by atoms with Crippen LogP contribution in [0, 0.1) is 5.82 Å². The summed E-state index contributed by atoms with van der Waals surface area (Å²) in [6.07, 6.45) is 0.902. The third kappa shape index (κ3) is 5.24. The first kappa shape index (κ1) is 22.4. The van der Waals surface area contributed by atoms with Crippen molar-refractivity contribution >= 4 is 35.1 Å². The molecule has 2 heterocycles. The second-order valence-electron chi connectivity index (χ2n) is 7.19. The van der Waals surface area contributed by atoms with Crippen LogP contribution in [0.25, 0.3) is 0 Å². The fraction of sp³-hybridized carbons (Fsp3) is 0.400. The van der Waals surface area contributed by atoms with Crippen molar-refractivity contribution in [3.63, 3.8) is 0 Å². The van der Waals surface area contributed by atoms with Gasteiger partial charge in [-0.15, -0.1) is 0 Å². The molecular formula is C20H24Cl2FN5O2. The zero-order valence-electron chi connectivity index (χ0n) is 16.8. The molecule has 1 aromatic heterocycles. The number of urea groups is 1. The molecule has 0 radical (unpaired) electrons. The lowest BCUT2D eigenvalue weighted by molar-refractivity contribution is 0.154. The van der Waals surface area contributed by atoms with E-state index in [0.29, 0.717) is 30.0 Å². The van der Waals surface area contributed by atoms with Crippen LogP contribution < -0.4 is 15.8 Å². The number of pyridine rings is 1. The van der Waals surface area contributed by atoms with Crippen molar-refractivity contribution in [2.24, 2.45) is 0 Å². The number of nitrogens with one attached hydrogen (secondary N) is 1. The van der Waals surface area contributed by atoms with Crippen LogP contribution in [-0.4, -0.2) is 54.0 Å². The van der Waals surface area contributed by atoms with Crippen LogP contribution in [0.5, 0.6) is 5.75 Å². The van der Waals surface area contributed by atoms with Crippen LogP contribution >= 0.6 is 23.2 Å². The van der Waals surface area contributed by atoms with Gasteiger partial charge in [-0.05, 0) is 37.7 Å². The van der Waals surface area contributed by atoms with E-state index in [4.69, 9.17) is 33.7 Å². The summed E-state index contributed by atoms with van der Waals surface area (Å²) in [7, 11) is 2.03. The molecule has 1 aliphatic heterocycles. The Morgan fingerprint density at radius 3 is 2.73 bits per heavy atom. The van der Waals surface area contributed by atoms with E-state index in [9.17, 15) is 9.18 Å². The number of nitrogens with two attached hydrogens (primary N) is 1. The zero-order valence-corrected chi connectivity index (χ0v) is 18.3. The van der Waals surface area contributed by atoms with Crippen LogP contribution in [0.4, 0.5) is 15.0 Å². The van der Waals surface area contributed by atoms with Gasteiger partial charge in [-0.2, -0.15) is 0 Å². The van der Waals surface area contributed by atoms with E-state index in [1.165, 1.54) is 12.1 Å². The molecule has 3 N–H and O–H groups in total. The average Bonchev–Trinajstić information content (AvgIpc) is 2.72. The molecule has 1 atom stereocenters. The summed E-state index contributed by atoms with van der Waals surface area (Å²) in [5.74, 6) is -0.122. The number of likely N-dealkylation sites (N-methyl/N-ethyl adjacent to an activating group) is 1. The minimum absolute atomic E-state index is 0.0999. The second-order valence-corrected chi connectivity index (χ2v) is 7.98. The Hall–Kier alpha value is -2.29. The molecule has 1 aromatic carbocycles. The molecular weight excluding hydrogens is 432 g/mol. The molecule has 30 heavy (non-hydrogen) atoms. The number of hydrogen-bond donors (Lipinski definition) is 2. The molecule has 1 fully saturated rings. The number of hydrogen-bond acceptors (Lipinski definition) is 5. The van der Waals surface area contributed by atoms with Crippen molar-refractivity contribution in [2.75, 3.05) is 39.0 Å². The number of carbonyl (C=O) groups excluding carboxylic acids is 1. The summed E-state index contributed by atoms with van der Waals surface area (Å²) in [4.78, 5) is 20.4. The highest BCUT2D eigenvalue weighted by Crippen LogP contribution is 2.36. The summed E-state index contributed by atoms with van der Waals surface area (Å²) in [5.41, 5.74) is 6.97. The molecule has 1 aliphatic rings. The molecule has 1 saturated heterocycles. The van der Waals surface area contributed by atoms with Gasteiger partial charge < -0.3 is 25.6 Å². The van der Waals surface area contributed by atoms with E-state index in [1.54, 1.807) is 24.1 Å². The lowest BCUT2D eigenvalue weighted by Crippen LogP contribution is -2.50. The standard InChI is InChI=1S/C20H24Cl2FN5O2/c1-12(17-14(21)3-4-15(23)18(17)22)30-16-9-13(10-25-19(16)24)11-26-20(29)28-7-5-27(2)6-8-28/h3-4,9-10,12H,5-8,11H2,1-2H3,(H2,24,25)(H,26,29). The first-order chi connectivity index (χ1) is 14.3. The summed E-state index contributed by atoms with van der Waals surface area (Å²) in [5, 5.41) is 3.07. The Labute approximate surface area is 184 Å². The minimum atomic E-state index is -0.667. The molecule has 162 valence electrons. The number of ether oxygens (including phenoxy) is 1. The van der Waals surface area contributed by atoms with Gasteiger partial charge in [0.05, 0.1) is 5.02 Å². The van der Waals surface area contributed by atoms with Crippen molar-refractivity contribution < 1.29 is 13.9 Å². The Morgan fingerprint density at radius 1 is 1.33 bits per heavy atom. The summed E-state index contributed by atoms with van der Waals surface area (Å²) >= 11 is 12.2. The Balaban J connectivity index is 1.67. The highest BCUT2D eigenvalue weighted by Gasteiger charge is 2.21. The van der Waals surface area contributed by atoms with Gasteiger partial charge in [0.25, 0.3) is 0 Å². The van der Waals surface area contributed by atoms with Crippen molar-refractivity contribution in [1.82, 2.24) is 20.1 Å². The SMILES string of the molecule is CC(Oc1cc(CNC(=O)N2CCN(C)CC2)cnc1N)c1c(Cl)ccc(F)c1Cl. The van der Waals surface area contributed by atoms with E-state index in [0.717, 1.165) is 13.1 Å². The molecule has 3 rings (SSSR count). The van der Waals surface area contributed by atoms with E-state index >= 15 is 0 Å². The molecule has 7 nitrogen and oxygen atoms in total. The van der Waals surface area contributed by atoms with Gasteiger partial charge in [0.1, 0.15) is 11.9 Å². The number of piperazine rings is 1. The van der Waals surface area contributed by atoms with Gasteiger partial charge in [-0.1, -0.05) is 23.2 Å². The molecule has 10 heteroatoms. The number of aromatic nitrogens is 1. The quantitative estimate of drug-likeness (QED) is 0.671. The smallest absolute Gasteiger partial charge is 0.317 e. The lowest BCUT2D eigenvalue weighted by Gasteiger charge is -2.32. The minimum Gasteiger partial charge on any atom is -0.482 e. The molecule has 0 bridgehead atoms. The molecule has 0 saturated carbocycles. The van der Waals surface area contributed by atoms with Crippen molar-refractivity contribution in [3.05, 3.63) is 51.4 Å². The summed E-state index contributed by atoms with van der Waals surface area (Å²) < 4.78 is 19.7. The summed E-state index contributed by atoms with van der Waals surface area (Å²) in [6.45, 7) is 5.01. The molecule has 2 amide bonds. The van der Waals surface area contributed by atoms with Crippen molar-refractivity contribution in [1.29, 1.82) is 0 Å². The van der Waals surface area contributed by atoms with Crippen molar-refractivity contribution in [3.8, 4) is 5.75 Å². The number of amides is 2. The third-order valence-electron chi connectivity index (χ3n) is 4.96. The second kappa shape index (κ2) is 9.68. The number of carbonyl (C=O) groups is 1. The van der Waals surface area contributed by atoms with Gasteiger partial charge in [-0.25, -0.2) is 14.2 Å². The summed E-state index contributed by atoms with van der Waals surface area (Å²) in [6, 6.07) is 4.17. The molecule has 0 aliphatic carbocycles. The van der Waals surface area contributed by atoms with E-state index in [-0.39, 0.29) is 28.4 Å².